The third-order valence-electron chi connectivity index (χ3n) is 6.32. The molecule has 190 valence electrons. The maximum atomic E-state index is 12.8. The van der Waals surface area contributed by atoms with Crippen LogP contribution >= 0.6 is 0 Å². The molecule has 0 radical (unpaired) electrons. The molecule has 0 aliphatic carbocycles. The van der Waals surface area contributed by atoms with Gasteiger partial charge in [-0.15, -0.1) is 0 Å². The number of hydrogen-bond donors (Lipinski definition) is 2. The van der Waals surface area contributed by atoms with Crippen LogP contribution in [0, 0.1) is 0 Å². The fourth-order valence-corrected chi connectivity index (χ4v) is 4.55. The van der Waals surface area contributed by atoms with E-state index in [0.717, 1.165) is 37.3 Å². The first-order valence-electron chi connectivity index (χ1n) is 12.1. The first-order valence-corrected chi connectivity index (χ1v) is 12.1. The molecule has 3 aromatic rings. The largest absolute Gasteiger partial charge is 0.491 e. The molecule has 0 bridgehead atoms. The number of hydrogen-bond acceptors (Lipinski definition) is 9. The summed E-state index contributed by atoms with van der Waals surface area (Å²) in [5.41, 5.74) is 1.28. The second-order valence-electron chi connectivity index (χ2n) is 8.67. The number of morpholine rings is 1. The van der Waals surface area contributed by atoms with Crippen molar-refractivity contribution in [1.29, 1.82) is 0 Å². The normalized spacial score (nSPS) is 18.2. The number of carbonyl (C=O) groups is 1. The minimum atomic E-state index is -0.408. The zero-order valence-corrected chi connectivity index (χ0v) is 20.2. The van der Waals surface area contributed by atoms with Crippen molar-refractivity contribution < 1.29 is 24.1 Å². The highest BCUT2D eigenvalue weighted by Gasteiger charge is 2.22. The van der Waals surface area contributed by atoms with E-state index < -0.39 is 5.91 Å². The number of nitrogens with zero attached hydrogens (tertiary/aromatic N) is 5. The molecule has 5 rings (SSSR count). The Morgan fingerprint density at radius 2 is 2.25 bits per heavy atom. The summed E-state index contributed by atoms with van der Waals surface area (Å²) in [5, 5.41) is 13.6. The van der Waals surface area contributed by atoms with Gasteiger partial charge in [-0.05, 0) is 30.7 Å². The van der Waals surface area contributed by atoms with Crippen molar-refractivity contribution in [2.45, 2.75) is 19.1 Å². The molecule has 2 aliphatic rings. The maximum absolute atomic E-state index is 12.8. The number of nitrogens with one attached hydrogen (secondary N) is 1. The third kappa shape index (κ3) is 5.03. The summed E-state index contributed by atoms with van der Waals surface area (Å²) in [6, 6.07) is 7.21. The number of anilines is 1. The molecule has 11 heteroatoms. The van der Waals surface area contributed by atoms with Gasteiger partial charge in [-0.25, -0.2) is 4.98 Å². The van der Waals surface area contributed by atoms with Gasteiger partial charge < -0.3 is 24.6 Å². The first kappa shape index (κ1) is 24.2. The van der Waals surface area contributed by atoms with E-state index in [4.69, 9.17) is 19.2 Å². The van der Waals surface area contributed by atoms with Crippen LogP contribution in [-0.2, 0) is 11.3 Å². The van der Waals surface area contributed by atoms with Crippen molar-refractivity contribution in [1.82, 2.24) is 19.4 Å². The predicted octanol–water partition coefficient (Wildman–Crippen LogP) is 1.07. The number of aliphatic hydroxyl groups is 1. The predicted molar refractivity (Wildman–Crippen MR) is 132 cm³/mol. The van der Waals surface area contributed by atoms with E-state index in [1.807, 2.05) is 16.7 Å². The van der Waals surface area contributed by atoms with E-state index in [1.54, 1.807) is 25.4 Å². The Morgan fingerprint density at radius 1 is 1.33 bits per heavy atom. The lowest BCUT2D eigenvalue weighted by Crippen LogP contribution is -2.44. The van der Waals surface area contributed by atoms with Crippen molar-refractivity contribution in [3.05, 3.63) is 47.8 Å². The van der Waals surface area contributed by atoms with Crippen LogP contribution in [-0.4, -0.2) is 89.7 Å². The van der Waals surface area contributed by atoms with E-state index in [0.29, 0.717) is 54.5 Å². The van der Waals surface area contributed by atoms with Crippen molar-refractivity contribution in [3.63, 3.8) is 0 Å². The molecule has 11 nitrogen and oxygen atoms in total. The average Bonchev–Trinajstić information content (AvgIpc) is 3.42. The Labute approximate surface area is 208 Å². The molecule has 1 fully saturated rings. The highest BCUT2D eigenvalue weighted by Crippen LogP contribution is 2.37. The van der Waals surface area contributed by atoms with Crippen molar-refractivity contribution >= 4 is 22.6 Å². The highest BCUT2D eigenvalue weighted by atomic mass is 16.5. The quantitative estimate of drug-likeness (QED) is 0.443. The number of amides is 1. The third-order valence-corrected chi connectivity index (χ3v) is 6.32. The van der Waals surface area contributed by atoms with Crippen molar-refractivity contribution in [2.24, 2.45) is 4.99 Å². The molecular formula is C25H30N6O5. The zero-order chi connectivity index (χ0) is 24.9. The van der Waals surface area contributed by atoms with Crippen LogP contribution in [0.4, 0.5) is 5.82 Å². The van der Waals surface area contributed by atoms with E-state index >= 15 is 0 Å². The number of methoxy groups -OCH3 is 1. The Bertz CT molecular complexity index is 1300. The second kappa shape index (κ2) is 11.0. The monoisotopic (exact) mass is 494 g/mol. The van der Waals surface area contributed by atoms with Gasteiger partial charge in [0.25, 0.3) is 5.91 Å². The van der Waals surface area contributed by atoms with E-state index in [-0.39, 0.29) is 12.7 Å². The van der Waals surface area contributed by atoms with Gasteiger partial charge in [-0.1, -0.05) is 0 Å². The summed E-state index contributed by atoms with van der Waals surface area (Å²) in [7, 11) is 1.58. The molecule has 0 spiro atoms. The van der Waals surface area contributed by atoms with Gasteiger partial charge in [0.05, 0.1) is 38.6 Å². The van der Waals surface area contributed by atoms with Gasteiger partial charge in [0, 0.05) is 50.5 Å². The molecule has 36 heavy (non-hydrogen) atoms. The topological polar surface area (TPSA) is 123 Å². The maximum Gasteiger partial charge on any atom is 0.281 e. The van der Waals surface area contributed by atoms with E-state index in [1.165, 1.54) is 6.20 Å². The molecule has 1 amide bonds. The molecule has 2 N–H and O–H groups in total. The van der Waals surface area contributed by atoms with Crippen molar-refractivity contribution in [3.8, 4) is 11.5 Å². The Kier molecular flexibility index (Phi) is 7.40. The number of rotatable bonds is 8. The lowest BCUT2D eigenvalue weighted by atomic mass is 10.2. The Balaban J connectivity index is 1.39. The van der Waals surface area contributed by atoms with Crippen LogP contribution in [0.15, 0.2) is 41.7 Å². The molecule has 2 aromatic heterocycles. The number of carbonyl (C=O) groups excluding carboxylic acids is 1. The van der Waals surface area contributed by atoms with Crippen LogP contribution < -0.4 is 20.4 Å². The molecule has 1 atom stereocenters. The van der Waals surface area contributed by atoms with Crippen molar-refractivity contribution in [2.75, 3.05) is 58.4 Å². The Hall–Kier alpha value is -3.54. The Morgan fingerprint density at radius 3 is 3.06 bits per heavy atom. The van der Waals surface area contributed by atoms with Gasteiger partial charge in [0.15, 0.2) is 11.5 Å². The standard InChI is InChI=1S/C25H30N6O5/c1-34-22-20(36-12-3-9-30-11-13-35-18(15-30)16-32)6-5-19-21(22)28-25(31-10-8-27-23(19)31)29-24(33)17-4-2-7-26-14-17/h2,4-7,14,18,27,32H,3,8-13,15-16H2,1H3. The van der Waals surface area contributed by atoms with E-state index in [2.05, 4.69) is 20.2 Å². The summed E-state index contributed by atoms with van der Waals surface area (Å²) in [6.07, 6.45) is 3.79. The smallest absolute Gasteiger partial charge is 0.281 e. The van der Waals surface area contributed by atoms with Crippen LogP contribution in [0.25, 0.3) is 10.9 Å². The summed E-state index contributed by atoms with van der Waals surface area (Å²) < 4.78 is 19.2. The van der Waals surface area contributed by atoms with E-state index in [9.17, 15) is 9.90 Å². The number of ether oxygens (including phenoxy) is 3. The summed E-state index contributed by atoms with van der Waals surface area (Å²) >= 11 is 0. The minimum absolute atomic E-state index is 0.0350. The number of fused-ring (bicyclic) bond motifs is 3. The fourth-order valence-electron chi connectivity index (χ4n) is 4.55. The lowest BCUT2D eigenvalue weighted by molar-refractivity contribution is -0.0533. The molecule has 1 aromatic carbocycles. The second-order valence-corrected chi connectivity index (χ2v) is 8.67. The van der Waals surface area contributed by atoms with Gasteiger partial charge in [-0.2, -0.15) is 4.99 Å². The van der Waals surface area contributed by atoms with Gasteiger partial charge in [-0.3, -0.25) is 19.2 Å². The lowest BCUT2D eigenvalue weighted by Gasteiger charge is -2.31. The molecule has 4 heterocycles. The van der Waals surface area contributed by atoms with Crippen LogP contribution in [0.5, 0.6) is 11.5 Å². The average molecular weight is 495 g/mol. The molecule has 1 saturated heterocycles. The summed E-state index contributed by atoms with van der Waals surface area (Å²) in [4.78, 5) is 28.1. The number of aromatic nitrogens is 3. The molecule has 0 saturated carbocycles. The number of benzene rings is 1. The van der Waals surface area contributed by atoms with Gasteiger partial charge in [0.1, 0.15) is 11.3 Å². The fraction of sp³-hybridized carbons (Fsp3) is 0.440. The number of pyridine rings is 1. The molecule has 2 aliphatic heterocycles. The van der Waals surface area contributed by atoms with Gasteiger partial charge >= 0.3 is 0 Å². The molecule has 1 unspecified atom stereocenters. The first-order chi connectivity index (χ1) is 17.7. The summed E-state index contributed by atoms with van der Waals surface area (Å²) in [5.74, 6) is 1.52. The number of aliphatic hydroxyl groups excluding tert-OH is 1. The SMILES string of the molecule is COc1c(OCCCN2CCOC(CO)C2)ccc2c3n(c(=NC(=O)c4cccnc4)nc12)CCN3. The van der Waals surface area contributed by atoms with Crippen LogP contribution in [0.2, 0.25) is 0 Å². The minimum Gasteiger partial charge on any atom is -0.491 e. The van der Waals surface area contributed by atoms with Crippen LogP contribution in [0.1, 0.15) is 16.8 Å². The van der Waals surface area contributed by atoms with Gasteiger partial charge in [0.2, 0.25) is 5.62 Å². The van der Waals surface area contributed by atoms with Crippen LogP contribution in [0.3, 0.4) is 0 Å². The molecular weight excluding hydrogens is 464 g/mol. The highest BCUT2D eigenvalue weighted by molar-refractivity contribution is 5.96. The summed E-state index contributed by atoms with van der Waals surface area (Å²) in [6.45, 7) is 4.94. The zero-order valence-electron chi connectivity index (χ0n) is 20.2.